The number of benzene rings is 1. The highest BCUT2D eigenvalue weighted by Gasteiger charge is 2.34. The molecule has 2 N–H and O–H groups in total. The molecule has 0 aliphatic carbocycles. The maximum Gasteiger partial charge on any atom is 0.307 e. The van der Waals surface area contributed by atoms with Crippen molar-refractivity contribution in [2.24, 2.45) is 5.73 Å². The van der Waals surface area contributed by atoms with Gasteiger partial charge in [0.15, 0.2) is 11.5 Å². The molecule has 1 aliphatic rings. The fraction of sp³-hybridized carbons (Fsp3) is 0.556. The molecule has 7 nitrogen and oxygen atoms in total. The molecule has 7 heteroatoms. The lowest BCUT2D eigenvalue weighted by Crippen LogP contribution is -2.42. The van der Waals surface area contributed by atoms with Crippen LogP contribution < -0.4 is 15.2 Å². The van der Waals surface area contributed by atoms with Gasteiger partial charge in [-0.1, -0.05) is 0 Å². The van der Waals surface area contributed by atoms with Crippen LogP contribution in [0.4, 0.5) is 0 Å². The molecule has 2 rings (SSSR count). The van der Waals surface area contributed by atoms with Gasteiger partial charge in [0.25, 0.3) is 0 Å². The van der Waals surface area contributed by atoms with Crippen molar-refractivity contribution in [3.05, 3.63) is 23.3 Å². The van der Waals surface area contributed by atoms with Gasteiger partial charge in [-0.2, -0.15) is 0 Å². The fourth-order valence-corrected chi connectivity index (χ4v) is 3.18. The van der Waals surface area contributed by atoms with Gasteiger partial charge in [0.1, 0.15) is 0 Å². The topological polar surface area (TPSA) is 91.1 Å². The Morgan fingerprint density at radius 2 is 1.88 bits per heavy atom. The number of carbonyl (C=O) groups is 2. The van der Waals surface area contributed by atoms with E-state index in [1.54, 1.807) is 26.0 Å². The first-order chi connectivity index (χ1) is 11.9. The summed E-state index contributed by atoms with van der Waals surface area (Å²) < 4.78 is 15.6. The van der Waals surface area contributed by atoms with Gasteiger partial charge in [-0.15, -0.1) is 0 Å². The Balaban J connectivity index is 2.44. The second kappa shape index (κ2) is 8.20. The lowest BCUT2D eigenvalue weighted by molar-refractivity contribution is -0.144. The van der Waals surface area contributed by atoms with Gasteiger partial charge in [-0.3, -0.25) is 9.59 Å². The minimum Gasteiger partial charge on any atom is -0.493 e. The first kappa shape index (κ1) is 19.1. The number of fused-ring (bicyclic) bond motifs is 1. The maximum atomic E-state index is 12.6. The van der Waals surface area contributed by atoms with E-state index in [0.717, 1.165) is 11.1 Å². The first-order valence-corrected chi connectivity index (χ1v) is 8.27. The van der Waals surface area contributed by atoms with Gasteiger partial charge < -0.3 is 24.8 Å². The van der Waals surface area contributed by atoms with Crippen molar-refractivity contribution in [1.29, 1.82) is 0 Å². The first-order valence-electron chi connectivity index (χ1n) is 8.27. The number of methoxy groups -OCH3 is 3. The molecule has 1 amide bonds. The zero-order valence-electron chi connectivity index (χ0n) is 15.2. The zero-order valence-corrected chi connectivity index (χ0v) is 15.2. The summed E-state index contributed by atoms with van der Waals surface area (Å²) in [5.74, 6) is 0.765. The summed E-state index contributed by atoms with van der Waals surface area (Å²) in [4.78, 5) is 26.2. The summed E-state index contributed by atoms with van der Waals surface area (Å²) in [6, 6.07) is 3.11. The van der Waals surface area contributed by atoms with E-state index in [9.17, 15) is 9.59 Å². The lowest BCUT2D eigenvalue weighted by Gasteiger charge is -2.37. The number of amides is 1. The quantitative estimate of drug-likeness (QED) is 0.781. The number of nitrogens with zero attached hydrogens (tertiary/aromatic N) is 1. The Morgan fingerprint density at radius 3 is 2.44 bits per heavy atom. The van der Waals surface area contributed by atoms with E-state index in [-0.39, 0.29) is 30.8 Å². The van der Waals surface area contributed by atoms with Crippen LogP contribution in [0.3, 0.4) is 0 Å². The molecule has 25 heavy (non-hydrogen) atoms. The Labute approximate surface area is 148 Å². The zero-order chi connectivity index (χ0) is 18.6. The van der Waals surface area contributed by atoms with Crippen molar-refractivity contribution in [1.82, 2.24) is 4.90 Å². The molecule has 138 valence electrons. The molecular formula is C18H26N2O5. The highest BCUT2D eigenvalue weighted by Crippen LogP contribution is 2.39. The van der Waals surface area contributed by atoms with Gasteiger partial charge >= 0.3 is 5.97 Å². The predicted octanol–water partition coefficient (Wildman–Crippen LogP) is 1.43. The summed E-state index contributed by atoms with van der Waals surface area (Å²) in [6.07, 6.45) is 1.00. The smallest absolute Gasteiger partial charge is 0.307 e. The van der Waals surface area contributed by atoms with E-state index in [0.29, 0.717) is 24.5 Å². The van der Waals surface area contributed by atoms with Crippen LogP contribution in [0.1, 0.15) is 36.9 Å². The van der Waals surface area contributed by atoms with Crippen molar-refractivity contribution in [2.45, 2.75) is 38.3 Å². The second-order valence-corrected chi connectivity index (χ2v) is 6.22. The molecule has 0 radical (unpaired) electrons. The van der Waals surface area contributed by atoms with Gasteiger partial charge in [-0.25, -0.2) is 0 Å². The van der Waals surface area contributed by atoms with E-state index in [2.05, 4.69) is 0 Å². The third kappa shape index (κ3) is 4.22. The number of rotatable bonds is 6. The largest absolute Gasteiger partial charge is 0.493 e. The van der Waals surface area contributed by atoms with Gasteiger partial charge in [-0.05, 0) is 36.6 Å². The maximum absolute atomic E-state index is 12.6. The van der Waals surface area contributed by atoms with Crippen molar-refractivity contribution in [3.8, 4) is 11.5 Å². The van der Waals surface area contributed by atoms with Crippen molar-refractivity contribution < 1.29 is 23.8 Å². The molecule has 1 aromatic rings. The third-order valence-corrected chi connectivity index (χ3v) is 4.41. The fourth-order valence-electron chi connectivity index (χ4n) is 3.18. The molecule has 1 aromatic carbocycles. The van der Waals surface area contributed by atoms with Crippen molar-refractivity contribution in [2.75, 3.05) is 27.9 Å². The number of hydrogen-bond donors (Lipinski definition) is 1. The summed E-state index contributed by atoms with van der Waals surface area (Å²) in [6.45, 7) is 2.31. The number of nitrogens with two attached hydrogens (primary N) is 1. The summed E-state index contributed by atoms with van der Waals surface area (Å²) in [7, 11) is 4.48. The van der Waals surface area contributed by atoms with Crippen molar-refractivity contribution in [3.63, 3.8) is 0 Å². The average molecular weight is 350 g/mol. The standard InChI is InChI=1S/C18H26N2O5/c1-11(19)7-17(21)20-6-5-12-8-15(23-2)16(24-3)9-13(12)14(20)10-18(22)25-4/h8-9,11,14H,5-7,10,19H2,1-4H3. The number of hydrogen-bond acceptors (Lipinski definition) is 6. The number of ether oxygens (including phenoxy) is 3. The molecule has 0 bridgehead atoms. The molecule has 0 aromatic heterocycles. The monoisotopic (exact) mass is 350 g/mol. The highest BCUT2D eigenvalue weighted by atomic mass is 16.5. The van der Waals surface area contributed by atoms with Gasteiger partial charge in [0.05, 0.1) is 33.8 Å². The van der Waals surface area contributed by atoms with E-state index < -0.39 is 6.04 Å². The highest BCUT2D eigenvalue weighted by molar-refractivity contribution is 5.79. The molecule has 1 aliphatic heterocycles. The molecule has 2 unspecified atom stereocenters. The molecule has 0 fully saturated rings. The van der Waals surface area contributed by atoms with Crippen LogP contribution in [0.25, 0.3) is 0 Å². The minimum atomic E-state index is -0.401. The lowest BCUT2D eigenvalue weighted by atomic mass is 9.89. The molecule has 1 heterocycles. The Bertz CT molecular complexity index is 645. The average Bonchev–Trinajstić information content (AvgIpc) is 2.59. The van der Waals surface area contributed by atoms with Crippen LogP contribution in [0.5, 0.6) is 11.5 Å². The van der Waals surface area contributed by atoms with Crippen LogP contribution in [-0.2, 0) is 20.7 Å². The Hall–Kier alpha value is -2.28. The van der Waals surface area contributed by atoms with Crippen LogP contribution in [0.2, 0.25) is 0 Å². The summed E-state index contributed by atoms with van der Waals surface area (Å²) >= 11 is 0. The molecule has 2 atom stereocenters. The molecule has 0 saturated heterocycles. The van der Waals surface area contributed by atoms with E-state index in [1.807, 2.05) is 12.1 Å². The van der Waals surface area contributed by atoms with Crippen LogP contribution >= 0.6 is 0 Å². The Kier molecular flexibility index (Phi) is 6.25. The Morgan fingerprint density at radius 1 is 1.24 bits per heavy atom. The predicted molar refractivity (Wildman–Crippen MR) is 92.6 cm³/mol. The number of esters is 1. The van der Waals surface area contributed by atoms with E-state index >= 15 is 0 Å². The molecular weight excluding hydrogens is 324 g/mol. The number of carbonyl (C=O) groups excluding carboxylic acids is 2. The summed E-state index contributed by atoms with van der Waals surface area (Å²) in [5.41, 5.74) is 7.70. The van der Waals surface area contributed by atoms with Gasteiger partial charge in [0.2, 0.25) is 5.91 Å². The minimum absolute atomic E-state index is 0.0654. The second-order valence-electron chi connectivity index (χ2n) is 6.22. The SMILES string of the molecule is COC(=O)CC1c2cc(OC)c(OC)cc2CCN1C(=O)CC(C)N. The third-order valence-electron chi connectivity index (χ3n) is 4.41. The van der Waals surface area contributed by atoms with Crippen LogP contribution in [0.15, 0.2) is 12.1 Å². The van der Waals surface area contributed by atoms with E-state index in [4.69, 9.17) is 19.9 Å². The van der Waals surface area contributed by atoms with Gasteiger partial charge in [0, 0.05) is 19.0 Å². The van der Waals surface area contributed by atoms with Crippen LogP contribution in [0, 0.1) is 0 Å². The van der Waals surface area contributed by atoms with Crippen molar-refractivity contribution >= 4 is 11.9 Å². The van der Waals surface area contributed by atoms with E-state index in [1.165, 1.54) is 7.11 Å². The molecule has 0 saturated carbocycles. The molecule has 0 spiro atoms. The summed E-state index contributed by atoms with van der Waals surface area (Å²) in [5, 5.41) is 0. The normalized spacial score (nSPS) is 17.5. The van der Waals surface area contributed by atoms with Crippen LogP contribution in [-0.4, -0.2) is 50.7 Å².